The van der Waals surface area contributed by atoms with Crippen molar-refractivity contribution in [2.24, 2.45) is 0 Å². The minimum Gasteiger partial charge on any atom is -0.481 e. The van der Waals surface area contributed by atoms with E-state index in [4.69, 9.17) is 10.4 Å². The lowest BCUT2D eigenvalue weighted by molar-refractivity contribution is -0.141. The Bertz CT molecular complexity index is 492. The van der Waals surface area contributed by atoms with Gasteiger partial charge in [0.05, 0.1) is 23.7 Å². The number of anilines is 1. The molecule has 0 bridgehead atoms. The van der Waals surface area contributed by atoms with Crippen molar-refractivity contribution in [2.75, 3.05) is 18.0 Å². The van der Waals surface area contributed by atoms with Gasteiger partial charge in [-0.1, -0.05) is 0 Å². The Morgan fingerprint density at radius 1 is 1.44 bits per heavy atom. The lowest BCUT2D eigenvalue weighted by Gasteiger charge is -2.22. The zero-order chi connectivity index (χ0) is 13.2. The molecule has 1 fully saturated rings. The molecule has 0 amide bonds. The summed E-state index contributed by atoms with van der Waals surface area (Å²) in [6.07, 6.45) is 0.207. The zero-order valence-electron chi connectivity index (χ0n) is 9.83. The maximum absolute atomic E-state index is 10.7. The highest BCUT2D eigenvalue weighted by atomic mass is 16.4. The molecule has 0 saturated carbocycles. The van der Waals surface area contributed by atoms with Crippen molar-refractivity contribution in [1.82, 2.24) is 0 Å². The van der Waals surface area contributed by atoms with E-state index in [-0.39, 0.29) is 6.42 Å². The number of benzene rings is 1. The Morgan fingerprint density at radius 2 is 2.11 bits per heavy atom. The molecule has 2 rings (SSSR count). The first-order chi connectivity index (χ1) is 8.52. The average Bonchev–Trinajstić information content (AvgIpc) is 2.70. The second-order valence-corrected chi connectivity index (χ2v) is 4.63. The van der Waals surface area contributed by atoms with Gasteiger partial charge < -0.3 is 15.1 Å². The van der Waals surface area contributed by atoms with E-state index in [0.717, 1.165) is 5.69 Å². The van der Waals surface area contributed by atoms with Gasteiger partial charge in [-0.2, -0.15) is 5.26 Å². The van der Waals surface area contributed by atoms with Crippen LogP contribution in [0.3, 0.4) is 0 Å². The van der Waals surface area contributed by atoms with Crippen LogP contribution in [-0.2, 0) is 4.79 Å². The molecule has 1 aromatic rings. The maximum Gasteiger partial charge on any atom is 0.306 e. The van der Waals surface area contributed by atoms with Gasteiger partial charge in [0.15, 0.2) is 0 Å². The average molecular weight is 246 g/mol. The minimum absolute atomic E-state index is 0.236. The summed E-state index contributed by atoms with van der Waals surface area (Å²) in [5.41, 5.74) is 0.328. The van der Waals surface area contributed by atoms with Crippen LogP contribution < -0.4 is 4.90 Å². The monoisotopic (exact) mass is 246 g/mol. The summed E-state index contributed by atoms with van der Waals surface area (Å²) in [7, 11) is 0. The van der Waals surface area contributed by atoms with Crippen molar-refractivity contribution in [3.63, 3.8) is 0 Å². The number of aliphatic hydroxyl groups is 1. The number of nitriles is 1. The van der Waals surface area contributed by atoms with Gasteiger partial charge >= 0.3 is 5.97 Å². The van der Waals surface area contributed by atoms with E-state index >= 15 is 0 Å². The Labute approximate surface area is 105 Å². The summed E-state index contributed by atoms with van der Waals surface area (Å²) >= 11 is 0. The number of nitrogens with zero attached hydrogens (tertiary/aromatic N) is 2. The smallest absolute Gasteiger partial charge is 0.306 e. The van der Waals surface area contributed by atoms with Gasteiger partial charge in [-0.15, -0.1) is 0 Å². The van der Waals surface area contributed by atoms with Crippen LogP contribution in [0, 0.1) is 11.3 Å². The predicted molar refractivity (Wildman–Crippen MR) is 65.2 cm³/mol. The number of carboxylic acids is 1. The molecule has 1 aliphatic rings. The molecule has 1 atom stereocenters. The summed E-state index contributed by atoms with van der Waals surface area (Å²) < 4.78 is 0. The fourth-order valence-corrected chi connectivity index (χ4v) is 2.25. The van der Waals surface area contributed by atoms with Crippen molar-refractivity contribution < 1.29 is 15.0 Å². The second kappa shape index (κ2) is 4.67. The fraction of sp³-hybridized carbons (Fsp3) is 0.385. The van der Waals surface area contributed by atoms with Crippen LogP contribution in [0.1, 0.15) is 18.4 Å². The third-order valence-electron chi connectivity index (χ3n) is 3.17. The molecule has 0 radical (unpaired) electrons. The molecule has 5 nitrogen and oxygen atoms in total. The highest BCUT2D eigenvalue weighted by molar-refractivity contribution is 5.68. The topological polar surface area (TPSA) is 84.6 Å². The number of hydrogen-bond donors (Lipinski definition) is 2. The van der Waals surface area contributed by atoms with Gasteiger partial charge in [-0.05, 0) is 30.7 Å². The summed E-state index contributed by atoms with van der Waals surface area (Å²) in [5.74, 6) is -0.987. The number of hydrogen-bond acceptors (Lipinski definition) is 4. The highest BCUT2D eigenvalue weighted by Gasteiger charge is 2.38. The Hall–Kier alpha value is -2.06. The van der Waals surface area contributed by atoms with Gasteiger partial charge in [0, 0.05) is 18.8 Å². The summed E-state index contributed by atoms with van der Waals surface area (Å²) in [5, 5.41) is 27.6. The molecular weight excluding hydrogens is 232 g/mol. The molecule has 0 aromatic heterocycles. The van der Waals surface area contributed by atoms with Crippen LogP contribution in [0.5, 0.6) is 0 Å². The summed E-state index contributed by atoms with van der Waals surface area (Å²) in [4.78, 5) is 12.6. The third-order valence-corrected chi connectivity index (χ3v) is 3.17. The van der Waals surface area contributed by atoms with E-state index in [1.807, 2.05) is 23.1 Å². The maximum atomic E-state index is 10.7. The summed E-state index contributed by atoms with van der Waals surface area (Å²) in [6, 6.07) is 9.09. The molecule has 1 aromatic carbocycles. The molecule has 2 N–H and O–H groups in total. The standard InChI is InChI=1S/C13H14N2O3/c14-8-10-1-3-11(4-2-10)15-6-5-13(18,9-15)7-12(16)17/h1-4,18H,5-7,9H2,(H,16,17). The molecule has 0 aliphatic carbocycles. The van der Waals surface area contributed by atoms with Gasteiger partial charge in [0.1, 0.15) is 0 Å². The van der Waals surface area contributed by atoms with Gasteiger partial charge in [-0.25, -0.2) is 0 Å². The van der Waals surface area contributed by atoms with E-state index in [2.05, 4.69) is 0 Å². The number of carbonyl (C=O) groups is 1. The molecule has 1 heterocycles. The first-order valence-corrected chi connectivity index (χ1v) is 5.72. The number of carboxylic acid groups (broad SMARTS) is 1. The molecule has 1 saturated heterocycles. The largest absolute Gasteiger partial charge is 0.481 e. The third kappa shape index (κ3) is 2.60. The van der Waals surface area contributed by atoms with Gasteiger partial charge in [0.2, 0.25) is 0 Å². The van der Waals surface area contributed by atoms with E-state index < -0.39 is 11.6 Å². The number of β-amino-alcohol motifs (C(OH)–C–C–N with tert-alkyl or cyclic N) is 1. The molecule has 0 spiro atoms. The molecule has 18 heavy (non-hydrogen) atoms. The lowest BCUT2D eigenvalue weighted by Crippen LogP contribution is -2.35. The SMILES string of the molecule is N#Cc1ccc(N2CCC(O)(CC(=O)O)C2)cc1. The fourth-order valence-electron chi connectivity index (χ4n) is 2.25. The Kier molecular flexibility index (Phi) is 3.21. The van der Waals surface area contributed by atoms with Crippen LogP contribution in [0.15, 0.2) is 24.3 Å². The normalized spacial score (nSPS) is 22.8. The van der Waals surface area contributed by atoms with Crippen LogP contribution in [0.4, 0.5) is 5.69 Å². The van der Waals surface area contributed by atoms with Crippen LogP contribution in [0.25, 0.3) is 0 Å². The number of aliphatic carboxylic acids is 1. The summed E-state index contributed by atoms with van der Waals surface area (Å²) in [6.45, 7) is 0.931. The van der Waals surface area contributed by atoms with Crippen molar-refractivity contribution >= 4 is 11.7 Å². The highest BCUT2D eigenvalue weighted by Crippen LogP contribution is 2.29. The van der Waals surface area contributed by atoms with Crippen LogP contribution >= 0.6 is 0 Å². The van der Waals surface area contributed by atoms with Crippen LogP contribution in [-0.4, -0.2) is 34.9 Å². The molecule has 5 heteroatoms. The van der Waals surface area contributed by atoms with Gasteiger partial charge in [-0.3, -0.25) is 4.79 Å². The minimum atomic E-state index is -1.15. The quantitative estimate of drug-likeness (QED) is 0.830. The second-order valence-electron chi connectivity index (χ2n) is 4.63. The van der Waals surface area contributed by atoms with E-state index in [1.165, 1.54) is 0 Å². The molecule has 1 unspecified atom stereocenters. The zero-order valence-corrected chi connectivity index (χ0v) is 9.83. The number of rotatable bonds is 3. The van der Waals surface area contributed by atoms with Crippen molar-refractivity contribution in [1.29, 1.82) is 5.26 Å². The molecule has 1 aliphatic heterocycles. The first kappa shape index (κ1) is 12.4. The molecular formula is C13H14N2O3. The van der Waals surface area contributed by atoms with E-state index in [0.29, 0.717) is 25.1 Å². The van der Waals surface area contributed by atoms with Crippen molar-refractivity contribution in [2.45, 2.75) is 18.4 Å². The van der Waals surface area contributed by atoms with Gasteiger partial charge in [0.25, 0.3) is 0 Å². The molecule has 94 valence electrons. The van der Waals surface area contributed by atoms with Crippen LogP contribution in [0.2, 0.25) is 0 Å². The van der Waals surface area contributed by atoms with Crippen molar-refractivity contribution in [3.05, 3.63) is 29.8 Å². The Morgan fingerprint density at radius 3 is 2.67 bits per heavy atom. The first-order valence-electron chi connectivity index (χ1n) is 5.72. The van der Waals surface area contributed by atoms with Crippen molar-refractivity contribution in [3.8, 4) is 6.07 Å². The lowest BCUT2D eigenvalue weighted by atomic mass is 9.99. The van der Waals surface area contributed by atoms with E-state index in [1.54, 1.807) is 12.1 Å². The van der Waals surface area contributed by atoms with E-state index in [9.17, 15) is 9.90 Å². The predicted octanol–water partition coefficient (Wildman–Crippen LogP) is 0.974. The Balaban J connectivity index is 2.08.